The van der Waals surface area contributed by atoms with Crippen LogP contribution in [0.5, 0.6) is 0 Å². The van der Waals surface area contributed by atoms with Crippen molar-refractivity contribution in [2.24, 2.45) is 0 Å². The van der Waals surface area contributed by atoms with E-state index in [1.54, 1.807) is 15.7 Å². The van der Waals surface area contributed by atoms with Crippen molar-refractivity contribution < 1.29 is 0 Å². The predicted molar refractivity (Wildman–Crippen MR) is 77.5 cm³/mol. The van der Waals surface area contributed by atoms with E-state index in [2.05, 4.69) is 55.4 Å². The van der Waals surface area contributed by atoms with Crippen molar-refractivity contribution in [2.75, 3.05) is 0 Å². The number of hydrogen-bond donors (Lipinski definition) is 0. The minimum atomic E-state index is 0.744. The largest absolute Gasteiger partial charge is 0.253 e. The van der Waals surface area contributed by atoms with Crippen molar-refractivity contribution in [1.82, 2.24) is 29.8 Å². The molecule has 0 fully saturated rings. The lowest BCUT2D eigenvalue weighted by Crippen LogP contribution is -2.01. The van der Waals surface area contributed by atoms with Gasteiger partial charge in [-0.25, -0.2) is 9.67 Å². The molecule has 3 aromatic rings. The van der Waals surface area contributed by atoms with E-state index in [0.29, 0.717) is 0 Å². The fourth-order valence-corrected chi connectivity index (χ4v) is 2.58. The molecule has 6 nitrogen and oxygen atoms in total. The van der Waals surface area contributed by atoms with Crippen LogP contribution in [0.25, 0.3) is 5.69 Å². The van der Waals surface area contributed by atoms with Gasteiger partial charge >= 0.3 is 0 Å². The molecule has 2 aromatic heterocycles. The quantitative estimate of drug-likeness (QED) is 0.734. The van der Waals surface area contributed by atoms with E-state index in [-0.39, 0.29) is 0 Å². The molecule has 0 aliphatic carbocycles. The zero-order valence-corrected chi connectivity index (χ0v) is 12.5. The van der Waals surface area contributed by atoms with Gasteiger partial charge in [-0.2, -0.15) is 5.10 Å². The molecule has 0 aliphatic rings. The molecule has 0 amide bonds. The van der Waals surface area contributed by atoms with Crippen LogP contribution in [0.2, 0.25) is 0 Å². The number of aromatic nitrogens is 6. The highest BCUT2D eigenvalue weighted by Gasteiger charge is 2.06. The van der Waals surface area contributed by atoms with Gasteiger partial charge in [-0.1, -0.05) is 11.3 Å². The Morgan fingerprint density at radius 2 is 2.20 bits per heavy atom. The highest BCUT2D eigenvalue weighted by atomic mass is 79.9. The van der Waals surface area contributed by atoms with Gasteiger partial charge in [0.15, 0.2) is 0 Å². The Kier molecular flexibility index (Phi) is 3.60. The van der Waals surface area contributed by atoms with Gasteiger partial charge in [0, 0.05) is 17.4 Å². The minimum Gasteiger partial charge on any atom is -0.253 e. The topological polar surface area (TPSA) is 61.4 Å². The van der Waals surface area contributed by atoms with E-state index in [4.69, 9.17) is 0 Å². The van der Waals surface area contributed by atoms with E-state index in [1.165, 1.54) is 11.9 Å². The Hall–Kier alpha value is -2.02. The Morgan fingerprint density at radius 3 is 2.95 bits per heavy atom. The summed E-state index contributed by atoms with van der Waals surface area (Å²) in [6, 6.07) is 6.14. The maximum atomic E-state index is 4.19. The molecule has 1 aromatic carbocycles. The summed E-state index contributed by atoms with van der Waals surface area (Å²) in [6.07, 6.45) is 5.93. The lowest BCUT2D eigenvalue weighted by atomic mass is 10.2. The predicted octanol–water partition coefficient (Wildman–Crippen LogP) is 2.17. The second-order valence-electron chi connectivity index (χ2n) is 4.52. The SMILES string of the molecule is Cc1ccc(-n2cc(CCn3cncn3)nn2)c(Br)c1. The van der Waals surface area contributed by atoms with Crippen LogP contribution in [-0.2, 0) is 13.0 Å². The van der Waals surface area contributed by atoms with E-state index < -0.39 is 0 Å². The average Bonchev–Trinajstić information content (AvgIpc) is 3.07. The lowest BCUT2D eigenvalue weighted by Gasteiger charge is -2.04. The number of hydrogen-bond acceptors (Lipinski definition) is 4. The van der Waals surface area contributed by atoms with Crippen molar-refractivity contribution in [3.63, 3.8) is 0 Å². The summed E-state index contributed by atoms with van der Waals surface area (Å²) in [7, 11) is 0. The van der Waals surface area contributed by atoms with Crippen LogP contribution < -0.4 is 0 Å². The molecule has 3 rings (SSSR count). The molecule has 0 radical (unpaired) electrons. The summed E-state index contributed by atoms with van der Waals surface area (Å²) >= 11 is 3.55. The third-order valence-corrected chi connectivity index (χ3v) is 3.59. The first-order chi connectivity index (χ1) is 9.72. The molecule has 20 heavy (non-hydrogen) atoms. The number of nitrogens with zero attached hydrogens (tertiary/aromatic N) is 6. The van der Waals surface area contributed by atoms with Crippen LogP contribution >= 0.6 is 15.9 Å². The molecule has 0 bridgehead atoms. The van der Waals surface area contributed by atoms with E-state index in [9.17, 15) is 0 Å². The molecule has 2 heterocycles. The first kappa shape index (κ1) is 13.0. The monoisotopic (exact) mass is 332 g/mol. The van der Waals surface area contributed by atoms with Gasteiger partial charge in [-0.15, -0.1) is 5.10 Å². The summed E-state index contributed by atoms with van der Waals surface area (Å²) in [4.78, 5) is 3.91. The van der Waals surface area contributed by atoms with Gasteiger partial charge in [0.1, 0.15) is 12.7 Å². The van der Waals surface area contributed by atoms with Crippen molar-refractivity contribution in [1.29, 1.82) is 0 Å². The summed E-state index contributed by atoms with van der Waals surface area (Å²) in [5, 5.41) is 12.4. The average molecular weight is 333 g/mol. The van der Waals surface area contributed by atoms with Gasteiger partial charge in [0.05, 0.1) is 17.6 Å². The van der Waals surface area contributed by atoms with Gasteiger partial charge in [0.2, 0.25) is 0 Å². The molecule has 0 N–H and O–H groups in total. The highest BCUT2D eigenvalue weighted by Crippen LogP contribution is 2.21. The number of benzene rings is 1. The van der Waals surface area contributed by atoms with E-state index >= 15 is 0 Å². The Labute approximate surface area is 124 Å². The second kappa shape index (κ2) is 5.54. The second-order valence-corrected chi connectivity index (χ2v) is 5.37. The fraction of sp³-hybridized carbons (Fsp3) is 0.231. The number of halogens is 1. The molecule has 0 saturated heterocycles. The highest BCUT2D eigenvalue weighted by molar-refractivity contribution is 9.10. The van der Waals surface area contributed by atoms with Crippen LogP contribution in [0.4, 0.5) is 0 Å². The van der Waals surface area contributed by atoms with Crippen molar-refractivity contribution in [3.8, 4) is 5.69 Å². The van der Waals surface area contributed by atoms with Crippen LogP contribution in [0.3, 0.4) is 0 Å². The van der Waals surface area contributed by atoms with Crippen LogP contribution in [0.1, 0.15) is 11.3 Å². The Balaban J connectivity index is 1.76. The number of rotatable bonds is 4. The number of aryl methyl sites for hydroxylation is 3. The van der Waals surface area contributed by atoms with Crippen molar-refractivity contribution in [3.05, 3.63) is 52.8 Å². The maximum absolute atomic E-state index is 4.19. The summed E-state index contributed by atoms with van der Waals surface area (Å²) < 4.78 is 4.56. The summed E-state index contributed by atoms with van der Waals surface area (Å²) in [5.41, 5.74) is 3.11. The molecule has 0 saturated carbocycles. The minimum absolute atomic E-state index is 0.744. The standard InChI is InChI=1S/C13H13BrN6/c1-10-2-3-13(12(14)6-10)20-7-11(17-18-20)4-5-19-9-15-8-16-19/h2-3,6-9H,4-5H2,1H3. The molecule has 0 aliphatic heterocycles. The molecule has 102 valence electrons. The van der Waals surface area contributed by atoms with Crippen LogP contribution in [0.15, 0.2) is 41.5 Å². The van der Waals surface area contributed by atoms with Gasteiger partial charge in [-0.05, 0) is 40.5 Å². The molecular weight excluding hydrogens is 320 g/mol. The van der Waals surface area contributed by atoms with Crippen LogP contribution in [0, 0.1) is 6.92 Å². The third-order valence-electron chi connectivity index (χ3n) is 2.95. The summed E-state index contributed by atoms with van der Waals surface area (Å²) in [6.45, 7) is 2.80. The van der Waals surface area contributed by atoms with E-state index in [0.717, 1.165) is 28.8 Å². The third kappa shape index (κ3) is 2.77. The smallest absolute Gasteiger partial charge is 0.137 e. The van der Waals surface area contributed by atoms with Crippen molar-refractivity contribution >= 4 is 15.9 Å². The van der Waals surface area contributed by atoms with E-state index in [1.807, 2.05) is 12.3 Å². The first-order valence-corrected chi connectivity index (χ1v) is 7.02. The summed E-state index contributed by atoms with van der Waals surface area (Å²) in [5.74, 6) is 0. The van der Waals surface area contributed by atoms with Gasteiger partial charge in [-0.3, -0.25) is 4.68 Å². The molecule has 0 unspecified atom stereocenters. The first-order valence-electron chi connectivity index (χ1n) is 6.22. The van der Waals surface area contributed by atoms with Crippen LogP contribution in [-0.4, -0.2) is 29.8 Å². The molecule has 7 heteroatoms. The Morgan fingerprint density at radius 1 is 1.30 bits per heavy atom. The van der Waals surface area contributed by atoms with Gasteiger partial charge in [0.25, 0.3) is 0 Å². The maximum Gasteiger partial charge on any atom is 0.137 e. The normalized spacial score (nSPS) is 10.9. The zero-order chi connectivity index (χ0) is 13.9. The molecule has 0 atom stereocenters. The molecular formula is C13H13BrN6. The van der Waals surface area contributed by atoms with Crippen molar-refractivity contribution in [2.45, 2.75) is 19.9 Å². The van der Waals surface area contributed by atoms with Gasteiger partial charge < -0.3 is 0 Å². The lowest BCUT2D eigenvalue weighted by molar-refractivity contribution is 0.606. The Bertz CT molecular complexity index is 703. The molecule has 0 spiro atoms. The fourth-order valence-electron chi connectivity index (χ4n) is 1.91. The zero-order valence-electron chi connectivity index (χ0n) is 10.9.